The highest BCUT2D eigenvalue weighted by Gasteiger charge is 2.30. The molecule has 1 aromatic heterocycles. The van der Waals surface area contributed by atoms with Crippen LogP contribution in [0.4, 0.5) is 11.5 Å². The maximum absolute atomic E-state index is 13.0. The van der Waals surface area contributed by atoms with E-state index in [4.69, 9.17) is 9.47 Å². The van der Waals surface area contributed by atoms with Crippen LogP contribution >= 0.6 is 11.1 Å². The van der Waals surface area contributed by atoms with Gasteiger partial charge in [-0.15, -0.1) is 4.37 Å². The van der Waals surface area contributed by atoms with E-state index < -0.39 is 33.0 Å². The fourth-order valence-electron chi connectivity index (χ4n) is 4.16. The van der Waals surface area contributed by atoms with Gasteiger partial charge in [-0.05, 0) is 49.6 Å². The third kappa shape index (κ3) is 4.57. The minimum absolute atomic E-state index is 0.0892. The normalized spacial score (nSPS) is 17.4. The largest absolute Gasteiger partial charge is 0.548 e. The first-order valence-electron chi connectivity index (χ1n) is 11.2. The molecule has 1 saturated heterocycles. The molecule has 0 amide bonds. The summed E-state index contributed by atoms with van der Waals surface area (Å²) in [6, 6.07) is 9.28. The number of hydrogen-bond donors (Lipinski definition) is 3. The zero-order valence-electron chi connectivity index (χ0n) is 19.4. The summed E-state index contributed by atoms with van der Waals surface area (Å²) in [7, 11) is -3.86. The number of H-pyrrole nitrogens is 1. The zero-order chi connectivity index (χ0) is 25.4. The molecule has 0 aliphatic carbocycles. The van der Waals surface area contributed by atoms with E-state index in [-0.39, 0.29) is 28.7 Å². The number of hydrogen-bond acceptors (Lipinski definition) is 9. The molecule has 5 rings (SSSR count). The van der Waals surface area contributed by atoms with Gasteiger partial charge in [0.15, 0.2) is 28.4 Å². The summed E-state index contributed by atoms with van der Waals surface area (Å²) >= 11 is -1.81. The number of fused-ring (bicyclic) bond motifs is 1. The molecule has 11 nitrogen and oxygen atoms in total. The third-order valence-corrected chi connectivity index (χ3v) is 8.60. The van der Waals surface area contributed by atoms with E-state index in [0.717, 1.165) is 18.4 Å². The molecule has 13 heteroatoms. The van der Waals surface area contributed by atoms with Crippen molar-refractivity contribution in [3.8, 4) is 17.2 Å². The lowest BCUT2D eigenvalue weighted by molar-refractivity contribution is 0.174. The lowest BCUT2D eigenvalue weighted by atomic mass is 10.0. The average molecular weight is 532 g/mol. The molecule has 2 aliphatic rings. The minimum Gasteiger partial charge on any atom is -0.548 e. The van der Waals surface area contributed by atoms with Gasteiger partial charge in [0.25, 0.3) is 0 Å². The molecule has 3 heterocycles. The maximum Gasteiger partial charge on any atom is 0.246 e. The lowest BCUT2D eigenvalue weighted by Gasteiger charge is -2.17. The smallest absolute Gasteiger partial charge is 0.246 e. The molecule has 3 aromatic rings. The summed E-state index contributed by atoms with van der Waals surface area (Å²) in [6.45, 7) is 6.81. The van der Waals surface area contributed by atoms with Gasteiger partial charge >= 0.3 is 0 Å². The first kappa shape index (κ1) is 24.3. The van der Waals surface area contributed by atoms with Gasteiger partial charge in [-0.1, -0.05) is 24.3 Å². The second kappa shape index (κ2) is 9.58. The molecule has 2 aliphatic heterocycles. The van der Waals surface area contributed by atoms with E-state index in [9.17, 15) is 18.1 Å². The van der Waals surface area contributed by atoms with Crippen molar-refractivity contribution >= 4 is 32.7 Å². The van der Waals surface area contributed by atoms with E-state index in [1.807, 2.05) is 13.0 Å². The number of rotatable bonds is 7. The third-order valence-electron chi connectivity index (χ3n) is 5.95. The van der Waals surface area contributed by atoms with Crippen molar-refractivity contribution in [2.24, 2.45) is 4.99 Å². The average Bonchev–Trinajstić information content (AvgIpc) is 3.59. The number of phenolic OH excluding ortho intramolecular Hbond substituents is 1. The van der Waals surface area contributed by atoms with E-state index >= 15 is 0 Å². The number of benzene rings is 2. The number of aromatic hydroxyl groups is 1. The molecule has 2 aromatic carbocycles. The van der Waals surface area contributed by atoms with Gasteiger partial charge in [0.1, 0.15) is 4.90 Å². The molecule has 190 valence electrons. The summed E-state index contributed by atoms with van der Waals surface area (Å²) in [5, 5.41) is 13.7. The Balaban J connectivity index is 1.50. The summed E-state index contributed by atoms with van der Waals surface area (Å²) < 4.78 is 57.2. The molecule has 2 atom stereocenters. The molecule has 0 saturated carbocycles. The highest BCUT2D eigenvalue weighted by molar-refractivity contribution is 7.89. The summed E-state index contributed by atoms with van der Waals surface area (Å²) in [5.41, 5.74) is 1.75. The minimum atomic E-state index is -3.86. The Kier molecular flexibility index (Phi) is 6.47. The quantitative estimate of drug-likeness (QED) is 0.239. The maximum atomic E-state index is 13.0. The second-order valence-electron chi connectivity index (χ2n) is 8.52. The number of anilines is 2. The molecular weight excluding hydrogens is 506 g/mol. The summed E-state index contributed by atoms with van der Waals surface area (Å²) in [5.74, 6) is 0.868. The monoisotopic (exact) mass is 531 g/mol. The summed E-state index contributed by atoms with van der Waals surface area (Å²) in [4.78, 5) is 4.47. The molecule has 1 fully saturated rings. The lowest BCUT2D eigenvalue weighted by Crippen LogP contribution is -2.28. The van der Waals surface area contributed by atoms with Gasteiger partial charge in [0, 0.05) is 17.5 Å². The number of nitrogens with one attached hydrogen (secondary N) is 2. The van der Waals surface area contributed by atoms with Crippen molar-refractivity contribution in [3.63, 3.8) is 0 Å². The first-order chi connectivity index (χ1) is 17.2. The fourth-order valence-corrected chi connectivity index (χ4v) is 6.44. The van der Waals surface area contributed by atoms with Crippen molar-refractivity contribution in [3.05, 3.63) is 59.6 Å². The number of aromatic amines is 1. The number of phenols is 1. The molecular formula is C23H25N5O6S2. The number of para-hydroxylation sites is 1. The van der Waals surface area contributed by atoms with Crippen LogP contribution in [0.2, 0.25) is 0 Å². The zero-order valence-corrected chi connectivity index (χ0v) is 21.1. The van der Waals surface area contributed by atoms with E-state index in [1.54, 1.807) is 12.1 Å². The van der Waals surface area contributed by atoms with Crippen molar-refractivity contribution < 1.29 is 27.6 Å². The molecule has 36 heavy (non-hydrogen) atoms. The highest BCUT2D eigenvalue weighted by Crippen LogP contribution is 2.37. The van der Waals surface area contributed by atoms with Gasteiger partial charge in [-0.2, -0.15) is 4.31 Å². The molecule has 1 unspecified atom stereocenters. The van der Waals surface area contributed by atoms with Crippen LogP contribution in [-0.4, -0.2) is 51.0 Å². The number of ether oxygens (including phenoxy) is 2. The van der Waals surface area contributed by atoms with Crippen molar-refractivity contribution in [2.45, 2.75) is 30.7 Å². The molecule has 0 radical (unpaired) electrons. The Morgan fingerprint density at radius 2 is 2.03 bits per heavy atom. The Morgan fingerprint density at radius 3 is 2.78 bits per heavy atom. The van der Waals surface area contributed by atoms with Gasteiger partial charge in [-0.3, -0.25) is 0 Å². The number of nitrogens with zero attached hydrogens (tertiary/aromatic N) is 3. The molecule has 3 N–H and O–H groups in total. The molecule has 0 bridgehead atoms. The highest BCUT2D eigenvalue weighted by atomic mass is 32.2. The van der Waals surface area contributed by atoms with Crippen LogP contribution in [0.25, 0.3) is 0 Å². The summed E-state index contributed by atoms with van der Waals surface area (Å²) in [6.07, 6.45) is 1.55. The van der Waals surface area contributed by atoms with Crippen LogP contribution in [0.5, 0.6) is 17.2 Å². The van der Waals surface area contributed by atoms with E-state index in [2.05, 4.69) is 25.6 Å². The van der Waals surface area contributed by atoms with E-state index in [1.165, 1.54) is 22.5 Å². The Labute approximate surface area is 210 Å². The van der Waals surface area contributed by atoms with E-state index in [0.29, 0.717) is 30.2 Å². The van der Waals surface area contributed by atoms with Crippen molar-refractivity contribution in [1.82, 2.24) is 13.1 Å². The predicted octanol–water partition coefficient (Wildman–Crippen LogP) is 3.32. The Bertz CT molecular complexity index is 1490. The predicted molar refractivity (Wildman–Crippen MR) is 132 cm³/mol. The standard InChI is InChI=1S/C23H25N5O6S2/c1-14(2)20(15-8-9-17-18(12-15)34-13-33-17)25-23-22(26-35(30)27-23)24-16-6-5-7-19(21(16)29)36(31,32)28-10-3-4-11-28/h5-9,12,20,29H,1,3-4,10-11,13H2,2H3,(H,24,26)(H,25,27)/t20-,35?/m1/s1. The van der Waals surface area contributed by atoms with Crippen molar-refractivity contribution in [2.75, 3.05) is 25.2 Å². The van der Waals surface area contributed by atoms with Gasteiger partial charge in [0.2, 0.25) is 28.1 Å². The molecule has 0 spiro atoms. The van der Waals surface area contributed by atoms with Crippen molar-refractivity contribution in [1.29, 1.82) is 0 Å². The van der Waals surface area contributed by atoms with Crippen LogP contribution in [0.15, 0.2) is 58.4 Å². The number of sulfonamides is 1. The fraction of sp³-hybridized carbons (Fsp3) is 0.304. The van der Waals surface area contributed by atoms with Crippen LogP contribution in [0.3, 0.4) is 0 Å². The Morgan fingerprint density at radius 1 is 1.28 bits per heavy atom. The van der Waals surface area contributed by atoms with Crippen LogP contribution < -0.4 is 20.3 Å². The van der Waals surface area contributed by atoms with Gasteiger partial charge in [-0.25, -0.2) is 13.4 Å². The number of aromatic nitrogens is 2. The second-order valence-corrected chi connectivity index (χ2v) is 11.3. The van der Waals surface area contributed by atoms with Crippen LogP contribution in [0.1, 0.15) is 31.4 Å². The first-order valence-corrected chi connectivity index (χ1v) is 13.8. The van der Waals surface area contributed by atoms with Gasteiger partial charge < -0.3 is 24.4 Å². The van der Waals surface area contributed by atoms with Gasteiger partial charge in [0.05, 0.1) is 11.7 Å². The van der Waals surface area contributed by atoms with Crippen LogP contribution in [-0.2, 0) is 10.0 Å². The Hall–Kier alpha value is -3.39. The van der Waals surface area contributed by atoms with Crippen LogP contribution in [0, 0.1) is 0 Å². The SMILES string of the molecule is C=C(C)[C@@H](N=c1[nH][s+]([O-])nc1Nc1cccc(S(=O)(=O)N2CCCC2)c1O)c1ccc2c(c1)OCO2. The topological polar surface area (TPSA) is 152 Å².